The molecule has 1 amide bonds. The van der Waals surface area contributed by atoms with E-state index in [2.05, 4.69) is 22.3 Å². The number of rotatable bonds is 6. The number of carbonyl (C=O) groups is 1. The normalized spacial score (nSPS) is 15.3. The molecule has 5 nitrogen and oxygen atoms in total. The zero-order chi connectivity index (χ0) is 20.9. The summed E-state index contributed by atoms with van der Waals surface area (Å²) in [5, 5.41) is 12.5. The number of benzene rings is 2. The van der Waals surface area contributed by atoms with Gasteiger partial charge in [-0.05, 0) is 60.4 Å². The number of hydrogen-bond acceptors (Lipinski definition) is 4. The summed E-state index contributed by atoms with van der Waals surface area (Å²) in [7, 11) is 0. The fourth-order valence-corrected chi connectivity index (χ4v) is 3.60. The molecule has 1 aromatic heterocycles. The quantitative estimate of drug-likeness (QED) is 0.648. The minimum atomic E-state index is -0.316. The fourth-order valence-electron chi connectivity index (χ4n) is 3.60. The average molecular weight is 408 g/mol. The van der Waals surface area contributed by atoms with E-state index < -0.39 is 0 Å². The summed E-state index contributed by atoms with van der Waals surface area (Å²) in [6.07, 6.45) is 1.51. The number of halogens is 1. The van der Waals surface area contributed by atoms with E-state index in [1.165, 1.54) is 17.7 Å². The lowest BCUT2D eigenvalue weighted by atomic mass is 10.1. The van der Waals surface area contributed by atoms with Crippen LogP contribution in [0.1, 0.15) is 34.5 Å². The third-order valence-electron chi connectivity index (χ3n) is 5.40. The SMILES string of the molecule is O=C(NCc1ccc(CN2CCC(O)CC2)cc1)c1ccc(-c2ccc(F)cc2)o1. The van der Waals surface area contributed by atoms with Crippen molar-refractivity contribution in [1.82, 2.24) is 10.2 Å². The average Bonchev–Trinajstić information content (AvgIpc) is 3.25. The van der Waals surface area contributed by atoms with E-state index >= 15 is 0 Å². The number of furan rings is 1. The van der Waals surface area contributed by atoms with Crippen LogP contribution in [0.25, 0.3) is 11.3 Å². The maximum Gasteiger partial charge on any atom is 0.287 e. The zero-order valence-electron chi connectivity index (χ0n) is 16.7. The van der Waals surface area contributed by atoms with Crippen molar-refractivity contribution in [2.24, 2.45) is 0 Å². The van der Waals surface area contributed by atoms with Crippen molar-refractivity contribution in [2.45, 2.75) is 32.0 Å². The minimum Gasteiger partial charge on any atom is -0.451 e. The van der Waals surface area contributed by atoms with Crippen LogP contribution in [0.15, 0.2) is 65.1 Å². The standard InChI is InChI=1S/C24H25FN2O3/c25-20-7-5-19(6-8-20)22-9-10-23(30-22)24(29)26-15-17-1-3-18(4-2-17)16-27-13-11-21(28)12-14-27/h1-10,21,28H,11-16H2,(H,26,29). The Morgan fingerprint density at radius 1 is 1.00 bits per heavy atom. The molecule has 6 heteroatoms. The molecule has 0 saturated carbocycles. The first-order valence-electron chi connectivity index (χ1n) is 10.2. The molecule has 30 heavy (non-hydrogen) atoms. The largest absolute Gasteiger partial charge is 0.451 e. The van der Waals surface area contributed by atoms with Crippen molar-refractivity contribution in [2.75, 3.05) is 13.1 Å². The molecule has 2 heterocycles. The van der Waals surface area contributed by atoms with Crippen molar-refractivity contribution in [3.63, 3.8) is 0 Å². The Kier molecular flexibility index (Phi) is 6.26. The first-order valence-corrected chi connectivity index (χ1v) is 10.2. The second-order valence-corrected chi connectivity index (χ2v) is 7.68. The molecule has 1 aliphatic heterocycles. The Bertz CT molecular complexity index is 974. The summed E-state index contributed by atoms with van der Waals surface area (Å²) >= 11 is 0. The number of nitrogens with zero attached hydrogens (tertiary/aromatic N) is 1. The second-order valence-electron chi connectivity index (χ2n) is 7.68. The second kappa shape index (κ2) is 9.24. The molecule has 2 N–H and O–H groups in total. The van der Waals surface area contributed by atoms with Crippen molar-refractivity contribution in [3.05, 3.63) is 83.4 Å². The lowest BCUT2D eigenvalue weighted by Gasteiger charge is -2.29. The Morgan fingerprint density at radius 2 is 1.67 bits per heavy atom. The highest BCUT2D eigenvalue weighted by atomic mass is 19.1. The highest BCUT2D eigenvalue weighted by molar-refractivity contribution is 5.92. The van der Waals surface area contributed by atoms with Gasteiger partial charge in [-0.3, -0.25) is 9.69 Å². The number of aliphatic hydroxyl groups excluding tert-OH is 1. The van der Waals surface area contributed by atoms with E-state index in [-0.39, 0.29) is 23.6 Å². The van der Waals surface area contributed by atoms with E-state index in [9.17, 15) is 14.3 Å². The summed E-state index contributed by atoms with van der Waals surface area (Å²) < 4.78 is 18.7. The van der Waals surface area contributed by atoms with Gasteiger partial charge in [-0.15, -0.1) is 0 Å². The summed E-state index contributed by atoms with van der Waals surface area (Å²) in [6, 6.07) is 17.4. The minimum absolute atomic E-state index is 0.159. The van der Waals surface area contributed by atoms with Gasteiger partial charge in [0.1, 0.15) is 11.6 Å². The Morgan fingerprint density at radius 3 is 2.37 bits per heavy atom. The van der Waals surface area contributed by atoms with Gasteiger partial charge in [-0.1, -0.05) is 24.3 Å². The third kappa shape index (κ3) is 5.14. The van der Waals surface area contributed by atoms with Crippen LogP contribution in [0.5, 0.6) is 0 Å². The summed E-state index contributed by atoms with van der Waals surface area (Å²) in [5.74, 6) is 0.135. The zero-order valence-corrected chi connectivity index (χ0v) is 16.7. The number of likely N-dealkylation sites (tertiary alicyclic amines) is 1. The first-order chi connectivity index (χ1) is 14.6. The van der Waals surface area contributed by atoms with Crippen LogP contribution in [-0.2, 0) is 13.1 Å². The molecule has 156 valence electrons. The van der Waals surface area contributed by atoms with E-state index in [1.807, 2.05) is 12.1 Å². The molecule has 1 fully saturated rings. The predicted molar refractivity (Wildman–Crippen MR) is 112 cm³/mol. The lowest BCUT2D eigenvalue weighted by Crippen LogP contribution is -2.35. The van der Waals surface area contributed by atoms with Gasteiger partial charge in [0.05, 0.1) is 6.10 Å². The Balaban J connectivity index is 1.29. The van der Waals surface area contributed by atoms with Gasteiger partial charge in [0.2, 0.25) is 0 Å². The summed E-state index contributed by atoms with van der Waals surface area (Å²) in [6.45, 7) is 3.11. The smallest absolute Gasteiger partial charge is 0.287 e. The van der Waals surface area contributed by atoms with Crippen LogP contribution >= 0.6 is 0 Å². The monoisotopic (exact) mass is 408 g/mol. The molecule has 1 saturated heterocycles. The molecule has 0 radical (unpaired) electrons. The Hall–Kier alpha value is -2.96. The van der Waals surface area contributed by atoms with E-state index in [0.717, 1.165) is 38.0 Å². The van der Waals surface area contributed by atoms with Crippen LogP contribution in [0.4, 0.5) is 4.39 Å². The molecule has 0 atom stereocenters. The molecule has 4 rings (SSSR count). The van der Waals surface area contributed by atoms with Crippen molar-refractivity contribution < 1.29 is 18.7 Å². The number of nitrogens with one attached hydrogen (secondary N) is 1. The van der Waals surface area contributed by atoms with Crippen LogP contribution in [-0.4, -0.2) is 35.1 Å². The Labute approximate surface area is 175 Å². The molecular formula is C24H25FN2O3. The number of carbonyl (C=O) groups excluding carboxylic acids is 1. The molecule has 0 aliphatic carbocycles. The van der Waals surface area contributed by atoms with Crippen molar-refractivity contribution >= 4 is 5.91 Å². The summed E-state index contributed by atoms with van der Waals surface area (Å²) in [5.41, 5.74) is 2.94. The van der Waals surface area contributed by atoms with Crippen LogP contribution in [0, 0.1) is 5.82 Å². The van der Waals surface area contributed by atoms with Gasteiger partial charge in [0.25, 0.3) is 5.91 Å². The van der Waals surface area contributed by atoms with Gasteiger partial charge in [0, 0.05) is 31.7 Å². The number of amides is 1. The molecule has 0 unspecified atom stereocenters. The number of hydrogen-bond donors (Lipinski definition) is 2. The van der Waals surface area contributed by atoms with Crippen LogP contribution in [0.2, 0.25) is 0 Å². The third-order valence-corrected chi connectivity index (χ3v) is 5.40. The van der Waals surface area contributed by atoms with Gasteiger partial charge in [-0.2, -0.15) is 0 Å². The molecule has 2 aromatic carbocycles. The van der Waals surface area contributed by atoms with Crippen LogP contribution in [0.3, 0.4) is 0 Å². The van der Waals surface area contributed by atoms with Gasteiger partial charge in [0.15, 0.2) is 5.76 Å². The molecule has 0 bridgehead atoms. The number of aliphatic hydroxyl groups is 1. The molecule has 3 aromatic rings. The molecule has 0 spiro atoms. The van der Waals surface area contributed by atoms with Crippen molar-refractivity contribution in [1.29, 1.82) is 0 Å². The van der Waals surface area contributed by atoms with Gasteiger partial charge in [-0.25, -0.2) is 4.39 Å². The molecule has 1 aliphatic rings. The topological polar surface area (TPSA) is 65.7 Å². The van der Waals surface area contributed by atoms with E-state index in [0.29, 0.717) is 17.9 Å². The van der Waals surface area contributed by atoms with E-state index in [1.54, 1.807) is 24.3 Å². The number of piperidine rings is 1. The van der Waals surface area contributed by atoms with Crippen LogP contribution < -0.4 is 5.32 Å². The maximum atomic E-state index is 13.0. The predicted octanol–water partition coefficient (Wildman–Crippen LogP) is 3.97. The lowest BCUT2D eigenvalue weighted by molar-refractivity contribution is 0.0792. The summed E-state index contributed by atoms with van der Waals surface area (Å²) in [4.78, 5) is 14.7. The highest BCUT2D eigenvalue weighted by Gasteiger charge is 2.17. The van der Waals surface area contributed by atoms with Gasteiger partial charge >= 0.3 is 0 Å². The van der Waals surface area contributed by atoms with E-state index in [4.69, 9.17) is 4.42 Å². The highest BCUT2D eigenvalue weighted by Crippen LogP contribution is 2.22. The molecular weight excluding hydrogens is 383 g/mol. The van der Waals surface area contributed by atoms with Gasteiger partial charge < -0.3 is 14.8 Å². The fraction of sp³-hybridized carbons (Fsp3) is 0.292. The maximum absolute atomic E-state index is 13.0. The first kappa shape index (κ1) is 20.3. The van der Waals surface area contributed by atoms with Crippen molar-refractivity contribution in [3.8, 4) is 11.3 Å².